The lowest BCUT2D eigenvalue weighted by Gasteiger charge is -2.25. The molecule has 1 amide bonds. The fourth-order valence-electron chi connectivity index (χ4n) is 2.28. The molecule has 0 saturated carbocycles. The number of carbonyl (C=O) groups is 1. The predicted octanol–water partition coefficient (Wildman–Crippen LogP) is 0.785. The Balaban J connectivity index is 2.68. The maximum absolute atomic E-state index is 12.3. The molecule has 1 atom stereocenters. The average Bonchev–Trinajstić information content (AvgIpc) is 2.34. The van der Waals surface area contributed by atoms with Crippen molar-refractivity contribution in [2.75, 3.05) is 40.8 Å². The van der Waals surface area contributed by atoms with Crippen molar-refractivity contribution in [1.29, 1.82) is 0 Å². The van der Waals surface area contributed by atoms with Crippen molar-refractivity contribution in [3.05, 3.63) is 0 Å². The van der Waals surface area contributed by atoms with Crippen LogP contribution in [0.1, 0.15) is 26.7 Å². The average molecular weight is 241 g/mol. The quantitative estimate of drug-likeness (QED) is 0.790. The van der Waals surface area contributed by atoms with Crippen molar-refractivity contribution in [2.24, 2.45) is 5.41 Å². The van der Waals surface area contributed by atoms with Crippen LogP contribution < -0.4 is 5.32 Å². The lowest BCUT2D eigenvalue weighted by atomic mass is 9.83. The summed E-state index contributed by atoms with van der Waals surface area (Å²) >= 11 is 0. The van der Waals surface area contributed by atoms with Gasteiger partial charge in [-0.15, -0.1) is 0 Å². The minimum Gasteiger partial charge on any atom is -0.340 e. The van der Waals surface area contributed by atoms with Crippen molar-refractivity contribution in [2.45, 2.75) is 32.7 Å². The molecule has 1 rings (SSSR count). The van der Waals surface area contributed by atoms with E-state index < -0.39 is 0 Å². The van der Waals surface area contributed by atoms with Crippen LogP contribution in [-0.4, -0.2) is 62.5 Å². The molecule has 0 aromatic rings. The summed E-state index contributed by atoms with van der Waals surface area (Å²) in [4.78, 5) is 16.5. The summed E-state index contributed by atoms with van der Waals surface area (Å²) in [6.45, 7) is 7.15. The maximum Gasteiger partial charge on any atom is 0.239 e. The largest absolute Gasteiger partial charge is 0.340 e. The van der Waals surface area contributed by atoms with E-state index in [0.29, 0.717) is 0 Å². The lowest BCUT2D eigenvalue weighted by Crippen LogP contribution is -2.46. The second-order valence-electron chi connectivity index (χ2n) is 6.09. The number of rotatable bonds is 4. The summed E-state index contributed by atoms with van der Waals surface area (Å²) < 4.78 is 0. The first kappa shape index (κ1) is 14.5. The molecule has 4 nitrogen and oxygen atoms in total. The Morgan fingerprint density at radius 2 is 2.12 bits per heavy atom. The third-order valence-electron chi connectivity index (χ3n) is 3.59. The fraction of sp³-hybridized carbons (Fsp3) is 0.923. The number of amides is 1. The highest BCUT2D eigenvalue weighted by molar-refractivity contribution is 5.82. The van der Waals surface area contributed by atoms with Crippen LogP contribution in [0, 0.1) is 5.41 Å². The highest BCUT2D eigenvalue weighted by atomic mass is 16.2. The van der Waals surface area contributed by atoms with Gasteiger partial charge in [0.2, 0.25) is 5.91 Å². The first-order valence-corrected chi connectivity index (χ1v) is 6.46. The van der Waals surface area contributed by atoms with Gasteiger partial charge in [0.1, 0.15) is 0 Å². The van der Waals surface area contributed by atoms with Gasteiger partial charge < -0.3 is 15.1 Å². The number of likely N-dealkylation sites (tertiary alicyclic amines) is 1. The number of nitrogens with one attached hydrogen (secondary N) is 1. The van der Waals surface area contributed by atoms with Crippen LogP contribution >= 0.6 is 0 Å². The van der Waals surface area contributed by atoms with Crippen LogP contribution in [0.4, 0.5) is 0 Å². The Kier molecular flexibility index (Phi) is 4.95. The van der Waals surface area contributed by atoms with E-state index in [1.807, 2.05) is 26.0 Å². The summed E-state index contributed by atoms with van der Waals surface area (Å²) in [5, 5.41) is 3.16. The minimum atomic E-state index is -0.0188. The molecule has 1 N–H and O–H groups in total. The van der Waals surface area contributed by atoms with Crippen molar-refractivity contribution in [1.82, 2.24) is 15.1 Å². The first-order chi connectivity index (χ1) is 7.85. The SMILES string of the molecule is CNC1CC(C)(C)CCN(CCN(C)C)C1=O. The Hall–Kier alpha value is -0.610. The number of hydrogen-bond donors (Lipinski definition) is 1. The Morgan fingerprint density at radius 1 is 1.47 bits per heavy atom. The van der Waals surface area contributed by atoms with Gasteiger partial charge in [-0.2, -0.15) is 0 Å². The molecule has 1 saturated heterocycles. The molecule has 1 aliphatic heterocycles. The van der Waals surface area contributed by atoms with Gasteiger partial charge in [0, 0.05) is 19.6 Å². The summed E-state index contributed by atoms with van der Waals surface area (Å²) in [7, 11) is 5.97. The van der Waals surface area contributed by atoms with E-state index in [9.17, 15) is 4.79 Å². The molecule has 0 aromatic carbocycles. The minimum absolute atomic E-state index is 0.0188. The second kappa shape index (κ2) is 5.83. The Bertz CT molecular complexity index is 263. The standard InChI is InChI=1S/C13H27N3O/c1-13(2)6-7-16(9-8-15(4)5)12(17)11(10-13)14-3/h11,14H,6-10H2,1-5H3. The number of carbonyl (C=O) groups excluding carboxylic acids is 1. The van der Waals surface area contributed by atoms with Crippen molar-refractivity contribution in [3.63, 3.8) is 0 Å². The van der Waals surface area contributed by atoms with Gasteiger partial charge in [-0.3, -0.25) is 4.79 Å². The third kappa shape index (κ3) is 4.28. The van der Waals surface area contributed by atoms with Crippen LogP contribution in [-0.2, 0) is 4.79 Å². The van der Waals surface area contributed by atoms with Gasteiger partial charge in [0.15, 0.2) is 0 Å². The van der Waals surface area contributed by atoms with E-state index in [0.717, 1.165) is 32.5 Å². The van der Waals surface area contributed by atoms with Crippen LogP contribution in [0.25, 0.3) is 0 Å². The second-order valence-corrected chi connectivity index (χ2v) is 6.09. The molecule has 0 radical (unpaired) electrons. The fourth-order valence-corrected chi connectivity index (χ4v) is 2.28. The number of hydrogen-bond acceptors (Lipinski definition) is 3. The molecule has 0 spiro atoms. The monoisotopic (exact) mass is 241 g/mol. The van der Waals surface area contributed by atoms with Crippen LogP contribution in [0.3, 0.4) is 0 Å². The van der Waals surface area contributed by atoms with Crippen LogP contribution in [0.5, 0.6) is 0 Å². The first-order valence-electron chi connectivity index (χ1n) is 6.46. The van der Waals surface area contributed by atoms with E-state index in [1.165, 1.54) is 0 Å². The molecule has 1 fully saturated rings. The van der Waals surface area contributed by atoms with E-state index in [4.69, 9.17) is 0 Å². The van der Waals surface area contributed by atoms with Crippen LogP contribution in [0.15, 0.2) is 0 Å². The molecule has 1 aliphatic rings. The molecule has 17 heavy (non-hydrogen) atoms. The van der Waals surface area contributed by atoms with Crippen molar-refractivity contribution >= 4 is 5.91 Å². The highest BCUT2D eigenvalue weighted by Crippen LogP contribution is 2.30. The molecular weight excluding hydrogens is 214 g/mol. The topological polar surface area (TPSA) is 35.6 Å². The molecule has 1 unspecified atom stereocenters. The zero-order valence-corrected chi connectivity index (χ0v) is 11.9. The van der Waals surface area contributed by atoms with Gasteiger partial charge in [-0.1, -0.05) is 13.8 Å². The van der Waals surface area contributed by atoms with Gasteiger partial charge in [0.25, 0.3) is 0 Å². The zero-order chi connectivity index (χ0) is 13.1. The van der Waals surface area contributed by atoms with Crippen molar-refractivity contribution < 1.29 is 4.79 Å². The lowest BCUT2D eigenvalue weighted by molar-refractivity contribution is -0.133. The molecule has 100 valence electrons. The van der Waals surface area contributed by atoms with Crippen LogP contribution in [0.2, 0.25) is 0 Å². The predicted molar refractivity (Wildman–Crippen MR) is 71.0 cm³/mol. The van der Waals surface area contributed by atoms with Crippen molar-refractivity contribution in [3.8, 4) is 0 Å². The van der Waals surface area contributed by atoms with Gasteiger partial charge >= 0.3 is 0 Å². The van der Waals surface area contributed by atoms with Gasteiger partial charge in [0.05, 0.1) is 6.04 Å². The zero-order valence-electron chi connectivity index (χ0n) is 11.9. The summed E-state index contributed by atoms with van der Waals surface area (Å²) in [5.74, 6) is 0.264. The molecule has 0 aliphatic carbocycles. The smallest absolute Gasteiger partial charge is 0.239 e. The Labute approximate surface area is 105 Å². The maximum atomic E-state index is 12.3. The van der Waals surface area contributed by atoms with E-state index in [-0.39, 0.29) is 17.4 Å². The molecule has 1 heterocycles. The van der Waals surface area contributed by atoms with E-state index >= 15 is 0 Å². The van der Waals surface area contributed by atoms with E-state index in [1.54, 1.807) is 0 Å². The molecule has 0 aromatic heterocycles. The van der Waals surface area contributed by atoms with Gasteiger partial charge in [-0.25, -0.2) is 0 Å². The Morgan fingerprint density at radius 3 is 2.65 bits per heavy atom. The normalized spacial score (nSPS) is 25.2. The molecular formula is C13H27N3O. The number of likely N-dealkylation sites (N-methyl/N-ethyl adjacent to an activating group) is 2. The summed E-state index contributed by atoms with van der Waals surface area (Å²) in [6, 6.07) is -0.0188. The molecule has 4 heteroatoms. The van der Waals surface area contributed by atoms with E-state index in [2.05, 4.69) is 24.1 Å². The summed E-state index contributed by atoms with van der Waals surface area (Å²) in [6.07, 6.45) is 2.02. The highest BCUT2D eigenvalue weighted by Gasteiger charge is 2.33. The third-order valence-corrected chi connectivity index (χ3v) is 3.59. The number of nitrogens with zero attached hydrogens (tertiary/aromatic N) is 2. The molecule has 0 bridgehead atoms. The summed E-state index contributed by atoms with van der Waals surface area (Å²) in [5.41, 5.74) is 0.246. The van der Waals surface area contributed by atoms with Gasteiger partial charge in [-0.05, 0) is 39.4 Å².